The Labute approximate surface area is 71.3 Å². The van der Waals surface area contributed by atoms with Crippen LogP contribution in [0.5, 0.6) is 0 Å². The molecule has 0 aromatic heterocycles. The average molecular weight is 168 g/mol. The molecule has 4 nitrogen and oxygen atoms in total. The van der Waals surface area contributed by atoms with Crippen molar-refractivity contribution in [3.8, 4) is 0 Å². The molecular formula is C8H12N2O2. The molecule has 12 heavy (non-hydrogen) atoms. The molecule has 1 heterocycles. The molecule has 0 saturated heterocycles. The van der Waals surface area contributed by atoms with E-state index in [9.17, 15) is 4.79 Å². The SMILES string of the molecule is C/C=C1/CN=NC1C(=O)OCC. The largest absolute Gasteiger partial charge is 0.464 e. The number of hydrogen-bond acceptors (Lipinski definition) is 4. The van der Waals surface area contributed by atoms with Crippen LogP contribution in [-0.2, 0) is 9.53 Å². The van der Waals surface area contributed by atoms with Crippen molar-refractivity contribution in [2.45, 2.75) is 19.9 Å². The first kappa shape index (κ1) is 8.90. The Morgan fingerprint density at radius 1 is 1.83 bits per heavy atom. The van der Waals surface area contributed by atoms with Gasteiger partial charge < -0.3 is 4.74 Å². The third kappa shape index (κ3) is 1.69. The molecule has 0 radical (unpaired) electrons. The molecule has 1 aliphatic heterocycles. The molecule has 0 aliphatic carbocycles. The van der Waals surface area contributed by atoms with Gasteiger partial charge in [-0.25, -0.2) is 4.79 Å². The highest BCUT2D eigenvalue weighted by molar-refractivity contribution is 5.80. The minimum Gasteiger partial charge on any atom is -0.464 e. The van der Waals surface area contributed by atoms with Gasteiger partial charge in [0.2, 0.25) is 0 Å². The van der Waals surface area contributed by atoms with Crippen LogP contribution in [-0.4, -0.2) is 25.2 Å². The second-order valence-electron chi connectivity index (χ2n) is 2.43. The molecule has 0 fully saturated rings. The molecule has 1 rings (SSSR count). The minimum absolute atomic E-state index is 0.299. The number of allylic oxidation sites excluding steroid dienone is 1. The van der Waals surface area contributed by atoms with E-state index in [0.717, 1.165) is 5.57 Å². The molecule has 0 amide bonds. The van der Waals surface area contributed by atoms with Crippen LogP contribution >= 0.6 is 0 Å². The average Bonchev–Trinajstić information content (AvgIpc) is 2.51. The van der Waals surface area contributed by atoms with Crippen LogP contribution in [0.15, 0.2) is 21.9 Å². The van der Waals surface area contributed by atoms with E-state index >= 15 is 0 Å². The summed E-state index contributed by atoms with van der Waals surface area (Å²) in [6.45, 7) is 4.57. The number of nitrogens with zero attached hydrogens (tertiary/aromatic N) is 2. The maximum absolute atomic E-state index is 11.2. The van der Waals surface area contributed by atoms with Crippen LogP contribution in [0.2, 0.25) is 0 Å². The molecule has 0 spiro atoms. The molecule has 4 heteroatoms. The van der Waals surface area contributed by atoms with Crippen molar-refractivity contribution in [3.05, 3.63) is 11.6 Å². The quantitative estimate of drug-likeness (QED) is 0.461. The van der Waals surface area contributed by atoms with E-state index in [2.05, 4.69) is 10.2 Å². The summed E-state index contributed by atoms with van der Waals surface area (Å²) in [7, 11) is 0. The van der Waals surface area contributed by atoms with Gasteiger partial charge in [-0.15, -0.1) is 0 Å². The summed E-state index contributed by atoms with van der Waals surface area (Å²) < 4.78 is 4.82. The van der Waals surface area contributed by atoms with E-state index in [1.807, 2.05) is 13.0 Å². The Morgan fingerprint density at radius 3 is 3.17 bits per heavy atom. The monoisotopic (exact) mass is 168 g/mol. The number of hydrogen-bond donors (Lipinski definition) is 0. The summed E-state index contributed by atoms with van der Waals surface area (Å²) in [6, 6.07) is -0.477. The predicted molar refractivity (Wildman–Crippen MR) is 43.9 cm³/mol. The minimum atomic E-state index is -0.477. The van der Waals surface area contributed by atoms with Gasteiger partial charge in [-0.1, -0.05) is 6.08 Å². The van der Waals surface area contributed by atoms with Crippen LogP contribution in [0.25, 0.3) is 0 Å². The van der Waals surface area contributed by atoms with Crippen LogP contribution < -0.4 is 0 Å². The second-order valence-corrected chi connectivity index (χ2v) is 2.43. The molecule has 0 aromatic carbocycles. The van der Waals surface area contributed by atoms with E-state index < -0.39 is 6.04 Å². The molecule has 1 aliphatic rings. The van der Waals surface area contributed by atoms with Gasteiger partial charge >= 0.3 is 5.97 Å². The van der Waals surface area contributed by atoms with Crippen LogP contribution in [0, 0.1) is 0 Å². The fourth-order valence-corrected chi connectivity index (χ4v) is 1.03. The fraction of sp³-hybridized carbons (Fsp3) is 0.625. The van der Waals surface area contributed by atoms with E-state index in [0.29, 0.717) is 13.2 Å². The summed E-state index contributed by atoms with van der Waals surface area (Å²) in [6.07, 6.45) is 1.86. The Balaban J connectivity index is 2.61. The van der Waals surface area contributed by atoms with E-state index in [-0.39, 0.29) is 5.97 Å². The first-order valence-corrected chi connectivity index (χ1v) is 3.98. The highest BCUT2D eigenvalue weighted by atomic mass is 16.5. The zero-order chi connectivity index (χ0) is 8.97. The summed E-state index contributed by atoms with van der Waals surface area (Å²) in [5.41, 5.74) is 0.924. The van der Waals surface area contributed by atoms with Gasteiger partial charge in [-0.3, -0.25) is 0 Å². The smallest absolute Gasteiger partial charge is 0.337 e. The van der Waals surface area contributed by atoms with Gasteiger partial charge in [0.15, 0.2) is 6.04 Å². The molecule has 0 bridgehead atoms. The van der Waals surface area contributed by atoms with Gasteiger partial charge in [-0.2, -0.15) is 10.2 Å². The molecule has 0 aromatic rings. The standard InChI is InChI=1S/C8H12N2O2/c1-3-6-5-9-10-7(6)8(11)12-4-2/h3,7H,4-5H2,1-2H3/b6-3-. The summed E-state index contributed by atoms with van der Waals surface area (Å²) >= 11 is 0. The highest BCUT2D eigenvalue weighted by Crippen LogP contribution is 2.16. The normalized spacial score (nSPS) is 24.8. The summed E-state index contributed by atoms with van der Waals surface area (Å²) in [5, 5.41) is 7.56. The second kappa shape index (κ2) is 3.99. The van der Waals surface area contributed by atoms with Crippen molar-refractivity contribution < 1.29 is 9.53 Å². The third-order valence-electron chi connectivity index (χ3n) is 1.68. The van der Waals surface area contributed by atoms with Crippen LogP contribution in [0.1, 0.15) is 13.8 Å². The lowest BCUT2D eigenvalue weighted by Crippen LogP contribution is -2.21. The fourth-order valence-electron chi connectivity index (χ4n) is 1.03. The Bertz CT molecular complexity index is 233. The molecule has 1 unspecified atom stereocenters. The lowest BCUT2D eigenvalue weighted by molar-refractivity contribution is -0.143. The number of rotatable bonds is 2. The van der Waals surface area contributed by atoms with Gasteiger partial charge in [0, 0.05) is 0 Å². The molecule has 1 atom stereocenters. The Hall–Kier alpha value is -1.19. The topological polar surface area (TPSA) is 51.0 Å². The lowest BCUT2D eigenvalue weighted by atomic mass is 10.1. The van der Waals surface area contributed by atoms with Crippen molar-refractivity contribution in [1.29, 1.82) is 0 Å². The predicted octanol–water partition coefficient (Wildman–Crippen LogP) is 1.33. The zero-order valence-corrected chi connectivity index (χ0v) is 7.28. The Morgan fingerprint density at radius 2 is 2.58 bits per heavy atom. The number of carbonyl (C=O) groups is 1. The first-order chi connectivity index (χ1) is 5.79. The van der Waals surface area contributed by atoms with Gasteiger partial charge in [-0.05, 0) is 19.4 Å². The molecule has 0 saturated carbocycles. The van der Waals surface area contributed by atoms with Crippen molar-refractivity contribution in [1.82, 2.24) is 0 Å². The number of esters is 1. The maximum Gasteiger partial charge on any atom is 0.337 e. The summed E-state index contributed by atoms with van der Waals surface area (Å²) in [4.78, 5) is 11.2. The molecule has 0 N–H and O–H groups in total. The van der Waals surface area contributed by atoms with Crippen molar-refractivity contribution in [2.75, 3.05) is 13.2 Å². The van der Waals surface area contributed by atoms with E-state index in [4.69, 9.17) is 4.74 Å². The van der Waals surface area contributed by atoms with Gasteiger partial charge in [0.05, 0.1) is 13.2 Å². The molecular weight excluding hydrogens is 156 g/mol. The van der Waals surface area contributed by atoms with Crippen molar-refractivity contribution in [2.24, 2.45) is 10.2 Å². The third-order valence-corrected chi connectivity index (χ3v) is 1.68. The van der Waals surface area contributed by atoms with Crippen molar-refractivity contribution in [3.63, 3.8) is 0 Å². The van der Waals surface area contributed by atoms with Crippen LogP contribution in [0.4, 0.5) is 0 Å². The first-order valence-electron chi connectivity index (χ1n) is 3.98. The molecule has 66 valence electrons. The van der Waals surface area contributed by atoms with Gasteiger partial charge in [0.25, 0.3) is 0 Å². The summed E-state index contributed by atoms with van der Waals surface area (Å²) in [5.74, 6) is -0.299. The number of ether oxygens (including phenoxy) is 1. The Kier molecular flexibility index (Phi) is 2.96. The number of carbonyl (C=O) groups excluding carboxylic acids is 1. The van der Waals surface area contributed by atoms with Crippen LogP contribution in [0.3, 0.4) is 0 Å². The lowest BCUT2D eigenvalue weighted by Gasteiger charge is -2.06. The van der Waals surface area contributed by atoms with E-state index in [1.54, 1.807) is 6.92 Å². The zero-order valence-electron chi connectivity index (χ0n) is 7.28. The van der Waals surface area contributed by atoms with Crippen molar-refractivity contribution >= 4 is 5.97 Å². The number of azo groups is 1. The maximum atomic E-state index is 11.2. The highest BCUT2D eigenvalue weighted by Gasteiger charge is 2.26. The van der Waals surface area contributed by atoms with Gasteiger partial charge in [0.1, 0.15) is 0 Å². The van der Waals surface area contributed by atoms with E-state index in [1.165, 1.54) is 0 Å².